The summed E-state index contributed by atoms with van der Waals surface area (Å²) < 4.78 is 29.3. The van der Waals surface area contributed by atoms with Crippen LogP contribution in [0.5, 0.6) is 0 Å². The number of aromatic nitrogens is 9. The van der Waals surface area contributed by atoms with Gasteiger partial charge in [-0.2, -0.15) is 10.2 Å². The highest BCUT2D eigenvalue weighted by atomic mass is 35.5. The lowest BCUT2D eigenvalue weighted by atomic mass is 10.1. The van der Waals surface area contributed by atoms with Crippen LogP contribution < -0.4 is 21.4 Å². The quantitative estimate of drug-likeness (QED) is 0.0622. The number of morpholine rings is 2. The number of nitrogens with zero attached hydrogens (tertiary/aromatic N) is 11. The van der Waals surface area contributed by atoms with E-state index in [1.807, 2.05) is 71.1 Å². The second-order valence-electron chi connectivity index (χ2n) is 17.2. The number of hydrogen-bond acceptors (Lipinski definition) is 12. The van der Waals surface area contributed by atoms with Gasteiger partial charge in [-0.15, -0.1) is 0 Å². The Bertz CT molecular complexity index is 3380. The van der Waals surface area contributed by atoms with Crippen molar-refractivity contribution in [2.24, 2.45) is 16.7 Å². The summed E-state index contributed by atoms with van der Waals surface area (Å²) in [6, 6.07) is 21.0. The number of imidazole rings is 2. The number of amidine groups is 1. The lowest BCUT2D eigenvalue weighted by Crippen LogP contribution is -2.36. The maximum atomic E-state index is 14.0. The maximum Gasteiger partial charge on any atom is 0.183 e. The first-order valence-corrected chi connectivity index (χ1v) is 23.5. The molecule has 5 N–H and O–H groups in total. The number of benzene rings is 4. The van der Waals surface area contributed by atoms with E-state index in [1.54, 1.807) is 6.07 Å². The minimum Gasteiger partial charge on any atom is -0.382 e. The first-order chi connectivity index (χ1) is 33.4. The average Bonchev–Trinajstić information content (AvgIpc) is 4.04. The van der Waals surface area contributed by atoms with Crippen molar-refractivity contribution in [2.75, 3.05) is 62.4 Å². The van der Waals surface area contributed by atoms with Gasteiger partial charge >= 0.3 is 0 Å². The molecule has 69 heavy (non-hydrogen) atoms. The van der Waals surface area contributed by atoms with Gasteiger partial charge < -0.3 is 30.8 Å². The van der Waals surface area contributed by atoms with Crippen molar-refractivity contribution < 1.29 is 13.9 Å². The van der Waals surface area contributed by atoms with E-state index in [4.69, 9.17) is 42.6 Å². The lowest BCUT2D eigenvalue weighted by molar-refractivity contribution is 0.122. The number of nitrogens with one attached hydrogen (secondary N) is 1. The zero-order chi connectivity index (χ0) is 48.5. The van der Waals surface area contributed by atoms with Crippen LogP contribution in [0, 0.1) is 40.4 Å². The lowest BCUT2D eigenvalue weighted by Gasteiger charge is -2.29. The number of pyridine rings is 2. The van der Waals surface area contributed by atoms with Crippen LogP contribution in [0.15, 0.2) is 78.0 Å². The van der Waals surface area contributed by atoms with Gasteiger partial charge in [0.15, 0.2) is 11.7 Å². The van der Waals surface area contributed by atoms with E-state index >= 15 is 0 Å². The molecule has 0 unspecified atom stereocenters. The highest BCUT2D eigenvalue weighted by molar-refractivity contribution is 6.35. The molecule has 9 aromatic rings. The van der Waals surface area contributed by atoms with Gasteiger partial charge in [0.1, 0.15) is 34.3 Å². The van der Waals surface area contributed by atoms with E-state index in [-0.39, 0.29) is 11.7 Å². The molecular weight excluding hydrogens is 895 g/mol. The Kier molecular flexibility index (Phi) is 13.4. The number of hydrogen-bond donors (Lipinski definition) is 3. The van der Waals surface area contributed by atoms with Crippen molar-refractivity contribution in [2.45, 2.75) is 54.9 Å². The second-order valence-corrected chi connectivity index (χ2v) is 17.7. The molecule has 0 bridgehead atoms. The van der Waals surface area contributed by atoms with Crippen LogP contribution in [0.3, 0.4) is 0 Å². The SMILES string of the molecule is CCC.Cc1cc(-n2c(C)nc3c(-c4n[nH]c(C)n4)cc(N4CCOCC4)cc32)c2ccc(F)cc2n1.Cc1cnc2c(Cl)cccc2c1-n1c(C)nc2c(/C(N)=N/N)cc(N3CCOCC3)cc21. The Morgan fingerprint density at radius 1 is 0.754 bits per heavy atom. The summed E-state index contributed by atoms with van der Waals surface area (Å²) in [4.78, 5) is 28.1. The molecule has 16 nitrogen and oxygen atoms in total. The summed E-state index contributed by atoms with van der Waals surface area (Å²) in [7, 11) is 0. The second kappa shape index (κ2) is 19.8. The van der Waals surface area contributed by atoms with Crippen LogP contribution in [0.2, 0.25) is 5.02 Å². The summed E-state index contributed by atoms with van der Waals surface area (Å²) >= 11 is 6.46. The number of H-pyrrole nitrogens is 1. The number of nitrogens with two attached hydrogens (primary N) is 2. The van der Waals surface area contributed by atoms with E-state index in [0.29, 0.717) is 48.4 Å². The number of ether oxygens (including phenoxy) is 2. The summed E-state index contributed by atoms with van der Waals surface area (Å²) in [6.45, 7) is 20.0. The highest BCUT2D eigenvalue weighted by Crippen LogP contribution is 2.37. The molecule has 18 heteroatoms. The number of aromatic amines is 1. The van der Waals surface area contributed by atoms with Crippen LogP contribution >= 0.6 is 11.6 Å². The van der Waals surface area contributed by atoms with E-state index in [9.17, 15) is 4.39 Å². The van der Waals surface area contributed by atoms with E-state index in [0.717, 1.165) is 122 Å². The molecule has 2 aliphatic rings. The average molecular weight is 952 g/mol. The van der Waals surface area contributed by atoms with Crippen LogP contribution in [0.25, 0.3) is 66.6 Å². The molecular formula is C51H56ClFN14O2. The van der Waals surface area contributed by atoms with Crippen molar-refractivity contribution in [3.8, 4) is 22.8 Å². The van der Waals surface area contributed by atoms with Crippen LogP contribution in [-0.4, -0.2) is 103 Å². The summed E-state index contributed by atoms with van der Waals surface area (Å²) in [5.74, 6) is 8.50. The molecule has 0 aliphatic carbocycles. The van der Waals surface area contributed by atoms with Crippen LogP contribution in [0.4, 0.5) is 15.8 Å². The third-order valence-corrected chi connectivity index (χ3v) is 12.5. The molecule has 0 saturated carbocycles. The molecule has 7 heterocycles. The van der Waals surface area contributed by atoms with Gasteiger partial charge in [-0.3, -0.25) is 24.2 Å². The molecule has 0 radical (unpaired) electrons. The number of fused-ring (bicyclic) bond motifs is 4. The fraction of sp³-hybridized carbons (Fsp3) is 0.314. The molecule has 0 atom stereocenters. The number of halogens is 2. The first kappa shape index (κ1) is 46.9. The smallest absolute Gasteiger partial charge is 0.183 e. The Morgan fingerprint density at radius 2 is 1.39 bits per heavy atom. The summed E-state index contributed by atoms with van der Waals surface area (Å²) in [5.41, 5.74) is 18.4. The molecule has 0 amide bonds. The Hall–Kier alpha value is -7.21. The topological polar surface area (TPSA) is 192 Å². The molecule has 0 spiro atoms. The maximum absolute atomic E-state index is 14.0. The zero-order valence-electron chi connectivity index (χ0n) is 39.9. The summed E-state index contributed by atoms with van der Waals surface area (Å²) in [6.07, 6.45) is 3.09. The highest BCUT2D eigenvalue weighted by Gasteiger charge is 2.24. The van der Waals surface area contributed by atoms with Crippen molar-refractivity contribution in [3.63, 3.8) is 0 Å². The Labute approximate surface area is 404 Å². The van der Waals surface area contributed by atoms with Gasteiger partial charge in [-0.05, 0) is 88.7 Å². The minimum absolute atomic E-state index is 0.245. The van der Waals surface area contributed by atoms with Gasteiger partial charge in [-0.25, -0.2) is 19.3 Å². The van der Waals surface area contributed by atoms with Gasteiger partial charge in [0, 0.05) is 71.8 Å². The van der Waals surface area contributed by atoms with E-state index in [2.05, 4.69) is 81.2 Å². The minimum atomic E-state index is -0.305. The number of hydrazone groups is 1. The molecule has 2 fully saturated rings. The number of para-hydroxylation sites is 1. The fourth-order valence-electron chi connectivity index (χ4n) is 9.12. The Morgan fingerprint density at radius 3 is 2.04 bits per heavy atom. The van der Waals surface area contributed by atoms with Gasteiger partial charge in [0.25, 0.3) is 0 Å². The van der Waals surface area contributed by atoms with E-state index in [1.165, 1.54) is 18.6 Å². The van der Waals surface area contributed by atoms with Crippen molar-refractivity contribution in [1.29, 1.82) is 0 Å². The molecule has 2 saturated heterocycles. The summed E-state index contributed by atoms with van der Waals surface area (Å²) in [5, 5.41) is 13.6. The van der Waals surface area contributed by atoms with Gasteiger partial charge in [0.05, 0.1) is 70.5 Å². The predicted molar refractivity (Wildman–Crippen MR) is 274 cm³/mol. The predicted octanol–water partition coefficient (Wildman–Crippen LogP) is 8.94. The Balaban J connectivity index is 0.000000163. The zero-order valence-corrected chi connectivity index (χ0v) is 40.7. The molecule has 2 aliphatic heterocycles. The van der Waals surface area contributed by atoms with Gasteiger partial charge in [0.2, 0.25) is 0 Å². The largest absolute Gasteiger partial charge is 0.382 e. The number of anilines is 2. The molecule has 356 valence electrons. The van der Waals surface area contributed by atoms with Gasteiger partial charge in [-0.1, -0.05) is 44.0 Å². The number of aryl methyl sites for hydroxylation is 5. The molecule has 11 rings (SSSR count). The van der Waals surface area contributed by atoms with Crippen molar-refractivity contribution >= 4 is 72.7 Å². The third-order valence-electron chi connectivity index (χ3n) is 12.2. The van der Waals surface area contributed by atoms with Crippen molar-refractivity contribution in [1.82, 2.24) is 44.3 Å². The standard InChI is InChI=1S/C25H24FN7O.C23H24ClN7O.C3H8/c1-14-10-22(19-5-4-17(26)11-21(19)27-14)33-16(3)29-24-20(25-28-15(2)30-31-25)12-18(13-23(24)33)32-6-8-34-9-7-32;1-13-12-27-20-16(4-3-5-18(20)24)22(13)31-14(2)28-21-17(23(25)29-26)10-15(11-19(21)31)30-6-8-32-9-7-30;1-3-2/h4-5,10-13H,6-9H2,1-3H3,(H,28,30,31);3-5,10-12H,6-9,26H2,1-2H3,(H2,25,29);3H2,1-2H3. The van der Waals surface area contributed by atoms with E-state index < -0.39 is 0 Å². The van der Waals surface area contributed by atoms with Crippen LogP contribution in [0.1, 0.15) is 54.6 Å². The molecule has 5 aromatic heterocycles. The van der Waals surface area contributed by atoms with Crippen molar-refractivity contribution in [3.05, 3.63) is 118 Å². The normalized spacial score (nSPS) is 14.4. The molecule has 4 aromatic carbocycles. The third kappa shape index (κ3) is 9.12. The number of rotatable bonds is 6. The van der Waals surface area contributed by atoms with Crippen LogP contribution in [-0.2, 0) is 9.47 Å². The fourth-order valence-corrected chi connectivity index (χ4v) is 9.34. The first-order valence-electron chi connectivity index (χ1n) is 23.1. The monoisotopic (exact) mass is 950 g/mol.